The molecule has 0 aliphatic carbocycles. The van der Waals surface area contributed by atoms with Crippen LogP contribution in [0.5, 0.6) is 0 Å². The summed E-state index contributed by atoms with van der Waals surface area (Å²) in [5.41, 5.74) is 0.335. The van der Waals surface area contributed by atoms with Crippen molar-refractivity contribution in [1.82, 2.24) is 25.2 Å². The third-order valence-electron chi connectivity index (χ3n) is 4.96. The lowest BCUT2D eigenvalue weighted by Gasteiger charge is -2.34. The van der Waals surface area contributed by atoms with E-state index in [0.717, 1.165) is 10.7 Å². The van der Waals surface area contributed by atoms with Gasteiger partial charge in [0.1, 0.15) is 5.82 Å². The first kappa shape index (κ1) is 19.2. The van der Waals surface area contributed by atoms with E-state index in [1.54, 1.807) is 28.5 Å². The summed E-state index contributed by atoms with van der Waals surface area (Å²) in [5, 5.41) is 17.6. The molecule has 1 fully saturated rings. The Balaban J connectivity index is 1.18. The van der Waals surface area contributed by atoms with Crippen molar-refractivity contribution in [3.63, 3.8) is 0 Å². The zero-order valence-electron chi connectivity index (χ0n) is 16.5. The van der Waals surface area contributed by atoms with Crippen LogP contribution in [0.15, 0.2) is 64.6 Å². The number of hydrogen-bond acceptors (Lipinski definition) is 9. The van der Waals surface area contributed by atoms with Crippen molar-refractivity contribution in [1.29, 1.82) is 0 Å². The first-order chi connectivity index (χ1) is 15.3. The smallest absolute Gasteiger partial charge is 0.276 e. The highest BCUT2D eigenvalue weighted by molar-refractivity contribution is 7.13. The third-order valence-corrected chi connectivity index (χ3v) is 5.84. The number of aromatic nitrogens is 4. The van der Waals surface area contributed by atoms with Gasteiger partial charge < -0.3 is 19.6 Å². The fraction of sp³-hybridized carbons (Fsp3) is 0.190. The molecule has 9 nitrogen and oxygen atoms in total. The predicted molar refractivity (Wildman–Crippen MR) is 117 cm³/mol. The zero-order valence-corrected chi connectivity index (χ0v) is 17.3. The van der Waals surface area contributed by atoms with Crippen molar-refractivity contribution in [3.8, 4) is 10.6 Å². The molecule has 1 aliphatic rings. The number of thiophene rings is 1. The second-order valence-corrected chi connectivity index (χ2v) is 7.90. The van der Waals surface area contributed by atoms with E-state index >= 15 is 0 Å². The summed E-state index contributed by atoms with van der Waals surface area (Å²) in [7, 11) is 0. The maximum atomic E-state index is 12.8. The number of pyridine rings is 1. The summed E-state index contributed by atoms with van der Waals surface area (Å²) in [6.45, 7) is 2.50. The minimum atomic E-state index is -0.118. The lowest BCUT2D eigenvalue weighted by atomic mass is 10.2. The molecule has 4 aromatic rings. The molecule has 1 amide bonds. The lowest BCUT2D eigenvalue weighted by Crippen LogP contribution is -2.49. The molecule has 0 unspecified atom stereocenters. The van der Waals surface area contributed by atoms with Gasteiger partial charge in [0.05, 0.1) is 4.88 Å². The first-order valence-electron chi connectivity index (χ1n) is 9.83. The largest absolute Gasteiger partial charge is 0.355 e. The number of carbonyl (C=O) groups excluding carboxylic acids is 1. The Morgan fingerprint density at radius 3 is 2.61 bits per heavy atom. The zero-order chi connectivity index (χ0) is 21.0. The molecule has 1 aliphatic heterocycles. The number of hydrogen-bond donors (Lipinski definition) is 1. The molecule has 1 N–H and O–H groups in total. The molecule has 10 heteroatoms. The Hall–Kier alpha value is -3.79. The topological polar surface area (TPSA) is 100 Å². The summed E-state index contributed by atoms with van der Waals surface area (Å²) in [4.78, 5) is 21.9. The van der Waals surface area contributed by atoms with Gasteiger partial charge in [0.2, 0.25) is 0 Å². The van der Waals surface area contributed by atoms with Crippen LogP contribution < -0.4 is 10.2 Å². The van der Waals surface area contributed by atoms with Crippen molar-refractivity contribution >= 4 is 34.7 Å². The number of rotatable bonds is 5. The van der Waals surface area contributed by atoms with E-state index in [1.165, 1.54) is 0 Å². The standard InChI is InChI=1S/C21H19N7O2S/c29-21(15-14-16(30-26-15)17-4-3-13-31-17)28-11-9-27(10-12-28)20-7-6-19(24-25-20)23-18-5-1-2-8-22-18/h1-8,13-14H,9-12H2,(H,22,23,24). The van der Waals surface area contributed by atoms with Crippen LogP contribution in [-0.2, 0) is 0 Å². The molecular formula is C21H19N7O2S. The van der Waals surface area contributed by atoms with Crippen LogP contribution >= 0.6 is 11.3 Å². The van der Waals surface area contributed by atoms with Crippen LogP contribution in [0.2, 0.25) is 0 Å². The van der Waals surface area contributed by atoms with Gasteiger partial charge in [-0.3, -0.25) is 4.79 Å². The number of nitrogens with zero attached hydrogens (tertiary/aromatic N) is 6. The van der Waals surface area contributed by atoms with Crippen molar-refractivity contribution in [2.45, 2.75) is 0 Å². The van der Waals surface area contributed by atoms with E-state index < -0.39 is 0 Å². The van der Waals surface area contributed by atoms with E-state index in [1.807, 2.05) is 47.8 Å². The average molecular weight is 433 g/mol. The molecule has 156 valence electrons. The van der Waals surface area contributed by atoms with Crippen molar-refractivity contribution in [3.05, 3.63) is 65.8 Å². The fourth-order valence-electron chi connectivity index (χ4n) is 3.34. The molecule has 0 spiro atoms. The van der Waals surface area contributed by atoms with E-state index in [2.05, 4.69) is 30.6 Å². The van der Waals surface area contributed by atoms with E-state index in [-0.39, 0.29) is 5.91 Å². The van der Waals surface area contributed by atoms with Crippen molar-refractivity contribution < 1.29 is 9.32 Å². The molecule has 0 saturated carbocycles. The fourth-order valence-corrected chi connectivity index (χ4v) is 4.01. The summed E-state index contributed by atoms with van der Waals surface area (Å²) in [5.74, 6) is 2.62. The Morgan fingerprint density at radius 1 is 1.00 bits per heavy atom. The monoisotopic (exact) mass is 433 g/mol. The quantitative estimate of drug-likeness (QED) is 0.512. The molecule has 31 heavy (non-hydrogen) atoms. The van der Waals surface area contributed by atoms with Gasteiger partial charge in [-0.2, -0.15) is 0 Å². The first-order valence-corrected chi connectivity index (χ1v) is 10.7. The van der Waals surface area contributed by atoms with E-state index in [9.17, 15) is 4.79 Å². The van der Waals surface area contributed by atoms with Crippen LogP contribution in [0.4, 0.5) is 17.5 Å². The van der Waals surface area contributed by atoms with E-state index in [4.69, 9.17) is 4.52 Å². The highest BCUT2D eigenvalue weighted by Gasteiger charge is 2.25. The molecule has 0 bridgehead atoms. The molecule has 0 aromatic carbocycles. The number of anilines is 3. The molecule has 1 saturated heterocycles. The van der Waals surface area contributed by atoms with Gasteiger partial charge in [-0.15, -0.1) is 21.5 Å². The third kappa shape index (κ3) is 4.24. The van der Waals surface area contributed by atoms with Gasteiger partial charge in [-0.1, -0.05) is 17.3 Å². The Kier molecular flexibility index (Phi) is 5.28. The minimum absolute atomic E-state index is 0.118. The molecule has 4 aromatic heterocycles. The van der Waals surface area contributed by atoms with Gasteiger partial charge in [-0.25, -0.2) is 4.98 Å². The molecule has 0 radical (unpaired) electrons. The molecule has 0 atom stereocenters. The average Bonchev–Trinajstić information content (AvgIpc) is 3.52. The summed E-state index contributed by atoms with van der Waals surface area (Å²) in [6, 6.07) is 15.0. The summed E-state index contributed by atoms with van der Waals surface area (Å²) < 4.78 is 5.34. The van der Waals surface area contributed by atoms with Gasteiger partial charge in [0.15, 0.2) is 23.1 Å². The maximum Gasteiger partial charge on any atom is 0.276 e. The van der Waals surface area contributed by atoms with Crippen molar-refractivity contribution in [2.24, 2.45) is 0 Å². The second kappa shape index (κ2) is 8.52. The molecular weight excluding hydrogens is 414 g/mol. The Labute approximate surface area is 182 Å². The van der Waals surface area contributed by atoms with Crippen LogP contribution in [0.3, 0.4) is 0 Å². The number of piperazine rings is 1. The van der Waals surface area contributed by atoms with Crippen molar-refractivity contribution in [2.75, 3.05) is 36.4 Å². The summed E-state index contributed by atoms with van der Waals surface area (Å²) >= 11 is 1.55. The highest BCUT2D eigenvalue weighted by atomic mass is 32.1. The lowest BCUT2D eigenvalue weighted by molar-refractivity contribution is 0.0736. The van der Waals surface area contributed by atoms with Gasteiger partial charge in [0, 0.05) is 38.4 Å². The van der Waals surface area contributed by atoms with Crippen LogP contribution in [-0.4, -0.2) is 57.3 Å². The van der Waals surface area contributed by atoms with Crippen LogP contribution in [0.1, 0.15) is 10.5 Å². The SMILES string of the molecule is O=C(c1cc(-c2cccs2)on1)N1CCN(c2ccc(Nc3ccccn3)nn2)CC1. The highest BCUT2D eigenvalue weighted by Crippen LogP contribution is 2.26. The number of amides is 1. The molecule has 5 heterocycles. The predicted octanol–water partition coefficient (Wildman–Crippen LogP) is 3.29. The normalized spacial score (nSPS) is 13.9. The van der Waals surface area contributed by atoms with Gasteiger partial charge in [-0.05, 0) is 35.7 Å². The Bertz CT molecular complexity index is 1140. The van der Waals surface area contributed by atoms with E-state index in [0.29, 0.717) is 49.3 Å². The maximum absolute atomic E-state index is 12.8. The minimum Gasteiger partial charge on any atom is -0.355 e. The van der Waals surface area contributed by atoms with Crippen LogP contribution in [0.25, 0.3) is 10.6 Å². The number of nitrogens with one attached hydrogen (secondary N) is 1. The number of carbonyl (C=O) groups is 1. The van der Waals surface area contributed by atoms with Gasteiger partial charge in [0.25, 0.3) is 5.91 Å². The van der Waals surface area contributed by atoms with Gasteiger partial charge >= 0.3 is 0 Å². The second-order valence-electron chi connectivity index (χ2n) is 6.95. The molecule has 5 rings (SSSR count). The van der Waals surface area contributed by atoms with Crippen LogP contribution in [0, 0.1) is 0 Å². The Morgan fingerprint density at radius 2 is 1.90 bits per heavy atom. The summed E-state index contributed by atoms with van der Waals surface area (Å²) in [6.07, 6.45) is 1.72.